The van der Waals surface area contributed by atoms with E-state index in [2.05, 4.69) is 20.7 Å². The summed E-state index contributed by atoms with van der Waals surface area (Å²) in [4.78, 5) is 4.24. The number of guanidine groups is 1. The summed E-state index contributed by atoms with van der Waals surface area (Å²) in [5.41, 5.74) is 3.42. The van der Waals surface area contributed by atoms with Crippen molar-refractivity contribution in [2.24, 2.45) is 4.99 Å². The van der Waals surface area contributed by atoms with E-state index in [0.717, 1.165) is 16.9 Å². The highest BCUT2D eigenvalue weighted by Gasteiger charge is 2.10. The molecule has 1 unspecified atom stereocenters. The first-order chi connectivity index (χ1) is 13.1. The lowest BCUT2D eigenvalue weighted by molar-refractivity contribution is 0.607. The van der Waals surface area contributed by atoms with Gasteiger partial charge in [-0.2, -0.15) is 5.10 Å². The Hall–Kier alpha value is -3.15. The molecule has 0 saturated heterocycles. The summed E-state index contributed by atoms with van der Waals surface area (Å²) >= 11 is 0. The van der Waals surface area contributed by atoms with E-state index >= 15 is 0 Å². The zero-order chi connectivity index (χ0) is 19.2. The number of hydrogen-bond acceptors (Lipinski definition) is 2. The van der Waals surface area contributed by atoms with E-state index in [1.807, 2.05) is 60.3 Å². The first kappa shape index (κ1) is 18.6. The molecular weight excluding hydrogens is 341 g/mol. The molecule has 3 aromatic rings. The summed E-state index contributed by atoms with van der Waals surface area (Å²) < 4.78 is 15.6. The monoisotopic (exact) mass is 365 g/mol. The topological polar surface area (TPSA) is 54.2 Å². The number of aliphatic imine (C=N–C) groups is 1. The van der Waals surface area contributed by atoms with Crippen LogP contribution in [0.25, 0.3) is 5.69 Å². The molecule has 0 radical (unpaired) electrons. The fourth-order valence-corrected chi connectivity index (χ4v) is 2.72. The predicted molar refractivity (Wildman–Crippen MR) is 106 cm³/mol. The van der Waals surface area contributed by atoms with Crippen LogP contribution in [-0.2, 0) is 6.54 Å². The molecule has 27 heavy (non-hydrogen) atoms. The fraction of sp³-hybridized carbons (Fsp3) is 0.238. The number of para-hydroxylation sites is 1. The summed E-state index contributed by atoms with van der Waals surface area (Å²) in [5, 5.41) is 11.1. The van der Waals surface area contributed by atoms with Gasteiger partial charge in [-0.25, -0.2) is 9.07 Å². The lowest BCUT2D eigenvalue weighted by Gasteiger charge is -2.18. The first-order valence-electron chi connectivity index (χ1n) is 8.90. The van der Waals surface area contributed by atoms with Crippen LogP contribution in [0.5, 0.6) is 0 Å². The Labute approximate surface area is 159 Å². The molecule has 1 atom stereocenters. The van der Waals surface area contributed by atoms with Crippen molar-refractivity contribution < 1.29 is 4.39 Å². The second-order valence-corrected chi connectivity index (χ2v) is 6.39. The number of aromatic nitrogens is 2. The van der Waals surface area contributed by atoms with Gasteiger partial charge in [-0.3, -0.25) is 4.99 Å². The quantitative estimate of drug-likeness (QED) is 0.535. The molecule has 0 fully saturated rings. The van der Waals surface area contributed by atoms with E-state index in [4.69, 9.17) is 0 Å². The number of rotatable bonds is 5. The van der Waals surface area contributed by atoms with Crippen LogP contribution >= 0.6 is 0 Å². The van der Waals surface area contributed by atoms with E-state index in [-0.39, 0.29) is 11.9 Å². The lowest BCUT2D eigenvalue weighted by atomic mass is 10.1. The van der Waals surface area contributed by atoms with Crippen molar-refractivity contribution in [1.82, 2.24) is 20.4 Å². The first-order valence-corrected chi connectivity index (χ1v) is 8.90. The highest BCUT2D eigenvalue weighted by atomic mass is 19.1. The van der Waals surface area contributed by atoms with Gasteiger partial charge in [0.1, 0.15) is 5.82 Å². The van der Waals surface area contributed by atoms with Gasteiger partial charge in [-0.05, 0) is 49.2 Å². The lowest BCUT2D eigenvalue weighted by Crippen LogP contribution is -2.38. The average molecular weight is 365 g/mol. The minimum atomic E-state index is -0.199. The number of nitrogens with zero attached hydrogens (tertiary/aromatic N) is 3. The van der Waals surface area contributed by atoms with Gasteiger partial charge < -0.3 is 10.6 Å². The number of hydrogen-bond donors (Lipinski definition) is 2. The Bertz CT molecular complexity index is 917. The molecule has 0 aliphatic heterocycles. The highest BCUT2D eigenvalue weighted by molar-refractivity contribution is 5.80. The zero-order valence-electron chi connectivity index (χ0n) is 15.8. The van der Waals surface area contributed by atoms with Crippen LogP contribution in [0.1, 0.15) is 29.8 Å². The van der Waals surface area contributed by atoms with Crippen LogP contribution in [0.15, 0.2) is 65.8 Å². The largest absolute Gasteiger partial charge is 0.351 e. The van der Waals surface area contributed by atoms with Crippen LogP contribution in [0.3, 0.4) is 0 Å². The maximum atomic E-state index is 13.8. The maximum Gasteiger partial charge on any atom is 0.191 e. The number of aryl methyl sites for hydroxylation is 1. The van der Waals surface area contributed by atoms with E-state index in [1.54, 1.807) is 26.1 Å². The third-order valence-electron chi connectivity index (χ3n) is 4.37. The normalized spacial score (nSPS) is 12.7. The van der Waals surface area contributed by atoms with E-state index in [9.17, 15) is 4.39 Å². The Kier molecular flexibility index (Phi) is 5.86. The standard InChI is InChI=1S/C21H24FN5/c1-15-9-10-17(13-20(15)22)16(2)25-21(23-3)24-14-18-11-12-27(26-18)19-7-5-4-6-8-19/h4-13,16H,14H2,1-3H3,(H2,23,24,25). The van der Waals surface area contributed by atoms with Crippen molar-refractivity contribution in [3.05, 3.63) is 83.4 Å². The third kappa shape index (κ3) is 4.73. The van der Waals surface area contributed by atoms with Gasteiger partial charge in [0.25, 0.3) is 0 Å². The summed E-state index contributed by atoms with van der Waals surface area (Å²) in [5.74, 6) is 0.438. The van der Waals surface area contributed by atoms with Gasteiger partial charge in [-0.1, -0.05) is 30.3 Å². The molecule has 0 aliphatic rings. The second-order valence-electron chi connectivity index (χ2n) is 6.39. The molecule has 6 heteroatoms. The Morgan fingerprint density at radius 1 is 1.19 bits per heavy atom. The molecule has 0 saturated carbocycles. The molecule has 1 heterocycles. The molecule has 0 spiro atoms. The molecular formula is C21H24FN5. The molecule has 5 nitrogen and oxygen atoms in total. The van der Waals surface area contributed by atoms with Gasteiger partial charge in [0, 0.05) is 13.2 Å². The summed E-state index contributed by atoms with van der Waals surface area (Å²) in [6, 6.07) is 17.1. The Morgan fingerprint density at radius 2 is 1.96 bits per heavy atom. The minimum Gasteiger partial charge on any atom is -0.351 e. The van der Waals surface area contributed by atoms with Crippen LogP contribution < -0.4 is 10.6 Å². The highest BCUT2D eigenvalue weighted by Crippen LogP contribution is 2.16. The molecule has 0 bridgehead atoms. The van der Waals surface area contributed by atoms with Crippen LogP contribution in [-0.4, -0.2) is 22.8 Å². The van der Waals surface area contributed by atoms with E-state index in [1.165, 1.54) is 0 Å². The van der Waals surface area contributed by atoms with Crippen molar-refractivity contribution in [2.45, 2.75) is 26.4 Å². The van der Waals surface area contributed by atoms with Crippen molar-refractivity contribution in [1.29, 1.82) is 0 Å². The van der Waals surface area contributed by atoms with E-state index in [0.29, 0.717) is 18.1 Å². The molecule has 2 aromatic carbocycles. The van der Waals surface area contributed by atoms with Crippen LogP contribution in [0.4, 0.5) is 4.39 Å². The van der Waals surface area contributed by atoms with Gasteiger partial charge >= 0.3 is 0 Å². The summed E-state index contributed by atoms with van der Waals surface area (Å²) in [6.45, 7) is 4.27. The molecule has 0 amide bonds. The van der Waals surface area contributed by atoms with Gasteiger partial charge in [-0.15, -0.1) is 0 Å². The molecule has 0 aliphatic carbocycles. The predicted octanol–water partition coefficient (Wildman–Crippen LogP) is 3.75. The molecule has 140 valence electrons. The van der Waals surface area contributed by atoms with Crippen molar-refractivity contribution >= 4 is 5.96 Å². The van der Waals surface area contributed by atoms with Crippen LogP contribution in [0, 0.1) is 12.7 Å². The number of nitrogens with one attached hydrogen (secondary N) is 2. The van der Waals surface area contributed by atoms with Crippen molar-refractivity contribution in [3.63, 3.8) is 0 Å². The summed E-state index contributed by atoms with van der Waals surface area (Å²) in [7, 11) is 1.71. The molecule has 3 rings (SSSR count). The number of halogens is 1. The van der Waals surface area contributed by atoms with E-state index < -0.39 is 0 Å². The Morgan fingerprint density at radius 3 is 2.67 bits per heavy atom. The van der Waals surface area contributed by atoms with Gasteiger partial charge in [0.15, 0.2) is 5.96 Å². The molecule has 1 aromatic heterocycles. The smallest absolute Gasteiger partial charge is 0.191 e. The molecule has 2 N–H and O–H groups in total. The SMILES string of the molecule is CN=C(NCc1ccn(-c2ccccc2)n1)NC(C)c1ccc(C)c(F)c1. The van der Waals surface area contributed by atoms with Gasteiger partial charge in [0.2, 0.25) is 0 Å². The van der Waals surface area contributed by atoms with Gasteiger partial charge in [0.05, 0.1) is 24.0 Å². The second kappa shape index (κ2) is 8.49. The minimum absolute atomic E-state index is 0.0758. The van der Waals surface area contributed by atoms with Crippen molar-refractivity contribution in [3.8, 4) is 5.69 Å². The zero-order valence-corrected chi connectivity index (χ0v) is 15.8. The van der Waals surface area contributed by atoms with Crippen molar-refractivity contribution in [2.75, 3.05) is 7.05 Å². The summed E-state index contributed by atoms with van der Waals surface area (Å²) in [6.07, 6.45) is 1.93. The third-order valence-corrected chi connectivity index (χ3v) is 4.37. The maximum absolute atomic E-state index is 13.8. The average Bonchev–Trinajstić information content (AvgIpc) is 3.17. The van der Waals surface area contributed by atoms with Crippen LogP contribution in [0.2, 0.25) is 0 Å². The Balaban J connectivity index is 1.59. The fourth-order valence-electron chi connectivity index (χ4n) is 2.72. The number of benzene rings is 2.